The average molecular weight is 581 g/mol. The number of hydrogen-bond acceptors (Lipinski definition) is 6. The van der Waals surface area contributed by atoms with Crippen molar-refractivity contribution >= 4 is 12.0 Å². The second-order valence-electron chi connectivity index (χ2n) is 10.4. The molecule has 1 atom stereocenters. The van der Waals surface area contributed by atoms with Crippen molar-refractivity contribution in [1.82, 2.24) is 34.3 Å². The Balaban J connectivity index is 1.66. The molecular weight excluding hydrogens is 549 g/mol. The van der Waals surface area contributed by atoms with E-state index in [2.05, 4.69) is 25.6 Å². The highest BCUT2D eigenvalue weighted by atomic mass is 19.4. The highest BCUT2D eigenvalue weighted by molar-refractivity contribution is 6.03. The van der Waals surface area contributed by atoms with Crippen molar-refractivity contribution in [3.8, 4) is 17.2 Å². The van der Waals surface area contributed by atoms with Crippen LogP contribution in [0.4, 0.5) is 13.2 Å². The monoisotopic (exact) mass is 580 g/mol. The van der Waals surface area contributed by atoms with Crippen molar-refractivity contribution in [2.45, 2.75) is 70.6 Å². The van der Waals surface area contributed by atoms with Crippen molar-refractivity contribution in [1.29, 1.82) is 0 Å². The van der Waals surface area contributed by atoms with Crippen LogP contribution in [0.2, 0.25) is 0 Å². The number of ketones is 1. The molecule has 220 valence electrons. The topological polar surface area (TPSA) is 116 Å². The number of benzene rings is 1. The molecule has 0 saturated carbocycles. The number of aryl methyl sites for hydroxylation is 2. The number of rotatable bonds is 11. The van der Waals surface area contributed by atoms with Gasteiger partial charge < -0.3 is 4.57 Å². The van der Waals surface area contributed by atoms with Gasteiger partial charge in [0.15, 0.2) is 5.82 Å². The van der Waals surface area contributed by atoms with Crippen LogP contribution in [0.15, 0.2) is 64.8 Å². The smallest absolute Gasteiger partial charge is 0.333 e. The summed E-state index contributed by atoms with van der Waals surface area (Å²) < 4.78 is 45.1. The molecular formula is C29H31F3N8O2. The maximum Gasteiger partial charge on any atom is 0.455 e. The lowest BCUT2D eigenvalue weighted by molar-refractivity contribution is -0.0885. The van der Waals surface area contributed by atoms with E-state index in [9.17, 15) is 22.8 Å². The summed E-state index contributed by atoms with van der Waals surface area (Å²) in [6.07, 6.45) is 6.58. The third-order valence-corrected chi connectivity index (χ3v) is 7.51. The van der Waals surface area contributed by atoms with Gasteiger partial charge in [-0.15, -0.1) is 5.10 Å². The SMILES string of the molecule is CCCCc1cn(-c2c(C(=O)C(F)(F)F)ccn2CCC)c(=O)n1CC1(c2cccc(-c3nnn[nH]3)c2)C=CN=CC1. The molecule has 1 unspecified atom stereocenters. The highest BCUT2D eigenvalue weighted by Gasteiger charge is 2.42. The number of aromatic amines is 1. The molecule has 1 aromatic carbocycles. The average Bonchev–Trinajstić information content (AvgIpc) is 3.73. The Labute approximate surface area is 239 Å². The Morgan fingerprint density at radius 3 is 2.67 bits per heavy atom. The van der Waals surface area contributed by atoms with Crippen LogP contribution in [0.5, 0.6) is 0 Å². The predicted molar refractivity (Wildman–Crippen MR) is 151 cm³/mol. The van der Waals surface area contributed by atoms with Gasteiger partial charge in [0.1, 0.15) is 5.82 Å². The van der Waals surface area contributed by atoms with Crippen molar-refractivity contribution < 1.29 is 18.0 Å². The number of nitrogens with one attached hydrogen (secondary N) is 1. The first kappa shape index (κ1) is 29.0. The van der Waals surface area contributed by atoms with E-state index in [-0.39, 0.29) is 12.4 Å². The largest absolute Gasteiger partial charge is 0.455 e. The summed E-state index contributed by atoms with van der Waals surface area (Å²) >= 11 is 0. The van der Waals surface area contributed by atoms with Crippen molar-refractivity contribution in [2.75, 3.05) is 0 Å². The van der Waals surface area contributed by atoms with Gasteiger partial charge in [0, 0.05) is 54.6 Å². The van der Waals surface area contributed by atoms with Gasteiger partial charge in [0.25, 0.3) is 5.78 Å². The van der Waals surface area contributed by atoms with Crippen LogP contribution in [-0.4, -0.2) is 52.5 Å². The minimum Gasteiger partial charge on any atom is -0.333 e. The number of carbonyl (C=O) groups excluding carboxylic acids is 1. The quantitative estimate of drug-likeness (QED) is 0.250. The number of halogens is 3. The van der Waals surface area contributed by atoms with Crippen molar-refractivity contribution in [2.24, 2.45) is 4.99 Å². The number of unbranched alkanes of at least 4 members (excludes halogenated alkanes) is 1. The summed E-state index contributed by atoms with van der Waals surface area (Å²) in [6, 6.07) is 8.80. The molecule has 10 nitrogen and oxygen atoms in total. The maximum absolute atomic E-state index is 14.2. The van der Waals surface area contributed by atoms with Gasteiger partial charge in [0.05, 0.1) is 5.56 Å². The summed E-state index contributed by atoms with van der Waals surface area (Å²) in [6.45, 7) is 4.45. The molecule has 42 heavy (non-hydrogen) atoms. The molecule has 3 aromatic heterocycles. The Bertz CT molecular complexity index is 1680. The molecule has 5 rings (SSSR count). The maximum atomic E-state index is 14.2. The molecule has 0 spiro atoms. The van der Waals surface area contributed by atoms with E-state index in [0.29, 0.717) is 37.3 Å². The van der Waals surface area contributed by atoms with Crippen LogP contribution < -0.4 is 5.69 Å². The number of hydrogen-bond donors (Lipinski definition) is 1. The van der Waals surface area contributed by atoms with Crippen LogP contribution in [0.25, 0.3) is 17.2 Å². The van der Waals surface area contributed by atoms with Gasteiger partial charge in [0.2, 0.25) is 0 Å². The van der Waals surface area contributed by atoms with Gasteiger partial charge in [-0.1, -0.05) is 44.5 Å². The second kappa shape index (κ2) is 11.7. The molecule has 0 bridgehead atoms. The molecule has 1 aliphatic rings. The number of tetrazole rings is 1. The van der Waals surface area contributed by atoms with Crippen LogP contribution in [0.3, 0.4) is 0 Å². The first-order chi connectivity index (χ1) is 20.2. The van der Waals surface area contributed by atoms with Crippen molar-refractivity contribution in [3.05, 3.63) is 82.3 Å². The Kier molecular flexibility index (Phi) is 8.10. The standard InChI is InChI=1S/C29H31F3N8O2/c1-3-5-9-22-18-39(26-23(24(41)29(30,31)32)10-16-38(26)15-4-2)27(42)40(22)19-28(11-13-33-14-12-28)21-8-6-7-20(17-21)25-34-36-37-35-25/h6-8,10-11,13-14,16-18H,3-5,9,12,15,19H2,1-2H3,(H,34,35,36,37). The van der Waals surface area contributed by atoms with Gasteiger partial charge in [-0.05, 0) is 53.8 Å². The number of H-pyrrole nitrogens is 1. The number of allylic oxidation sites excluding steroid dienone is 1. The normalized spacial score (nSPS) is 16.8. The first-order valence-electron chi connectivity index (χ1n) is 13.8. The lowest BCUT2D eigenvalue weighted by atomic mass is 9.76. The summed E-state index contributed by atoms with van der Waals surface area (Å²) in [5, 5.41) is 14.1. The lowest BCUT2D eigenvalue weighted by Gasteiger charge is -2.32. The summed E-state index contributed by atoms with van der Waals surface area (Å²) in [5.74, 6) is -1.56. The van der Waals surface area contributed by atoms with E-state index in [1.54, 1.807) is 23.2 Å². The number of alkyl halides is 3. The minimum atomic E-state index is -5.08. The van der Waals surface area contributed by atoms with Crippen LogP contribution in [0.1, 0.15) is 61.1 Å². The molecule has 0 radical (unpaired) electrons. The zero-order valence-corrected chi connectivity index (χ0v) is 23.3. The second-order valence-corrected chi connectivity index (χ2v) is 10.4. The first-order valence-corrected chi connectivity index (χ1v) is 13.8. The number of aromatic nitrogens is 7. The van der Waals surface area contributed by atoms with E-state index in [1.165, 1.54) is 15.3 Å². The van der Waals surface area contributed by atoms with Crippen molar-refractivity contribution in [3.63, 3.8) is 0 Å². The van der Waals surface area contributed by atoms with Gasteiger partial charge in [-0.3, -0.25) is 18.9 Å². The molecule has 1 N–H and O–H groups in total. The fourth-order valence-corrected chi connectivity index (χ4v) is 5.38. The molecule has 13 heteroatoms. The number of imidazole rings is 1. The Hall–Kier alpha value is -4.55. The van der Waals surface area contributed by atoms with Crippen LogP contribution in [0, 0.1) is 0 Å². The Morgan fingerprint density at radius 2 is 2.00 bits per heavy atom. The third-order valence-electron chi connectivity index (χ3n) is 7.51. The minimum absolute atomic E-state index is 0.0738. The van der Waals surface area contributed by atoms with Gasteiger partial charge in [-0.2, -0.15) is 13.2 Å². The van der Waals surface area contributed by atoms with E-state index in [4.69, 9.17) is 0 Å². The number of carbonyl (C=O) groups is 1. The zero-order chi connectivity index (χ0) is 29.9. The molecule has 1 aliphatic heterocycles. The number of aliphatic imine (C=N–C) groups is 1. The van der Waals surface area contributed by atoms with Crippen LogP contribution >= 0.6 is 0 Å². The van der Waals surface area contributed by atoms with E-state index in [1.807, 2.05) is 44.2 Å². The van der Waals surface area contributed by atoms with Gasteiger partial charge >= 0.3 is 11.9 Å². The molecule has 0 aliphatic carbocycles. The molecule has 0 saturated heterocycles. The Morgan fingerprint density at radius 1 is 1.17 bits per heavy atom. The van der Waals surface area contributed by atoms with E-state index in [0.717, 1.165) is 30.0 Å². The number of nitrogens with zero attached hydrogens (tertiary/aromatic N) is 7. The number of Topliss-reactive ketones (excluding diaryl/α,β-unsaturated/α-hetero) is 1. The zero-order valence-electron chi connectivity index (χ0n) is 23.3. The van der Waals surface area contributed by atoms with Crippen LogP contribution in [-0.2, 0) is 24.9 Å². The fraction of sp³-hybridized carbons (Fsp3) is 0.379. The predicted octanol–water partition coefficient (Wildman–Crippen LogP) is 5.04. The molecule has 4 aromatic rings. The molecule has 0 fully saturated rings. The molecule has 0 amide bonds. The molecule has 4 heterocycles. The highest BCUT2D eigenvalue weighted by Crippen LogP contribution is 2.35. The summed E-state index contributed by atoms with van der Waals surface area (Å²) in [5.41, 5.74) is 0.559. The third kappa shape index (κ3) is 5.50. The lowest BCUT2D eigenvalue weighted by Crippen LogP contribution is -2.37. The summed E-state index contributed by atoms with van der Waals surface area (Å²) in [4.78, 5) is 30.9. The van der Waals surface area contributed by atoms with E-state index < -0.39 is 28.6 Å². The fourth-order valence-electron chi connectivity index (χ4n) is 5.38. The van der Waals surface area contributed by atoms with E-state index >= 15 is 0 Å². The van der Waals surface area contributed by atoms with Gasteiger partial charge in [-0.25, -0.2) is 9.89 Å². The summed E-state index contributed by atoms with van der Waals surface area (Å²) in [7, 11) is 0.